The third-order valence-corrected chi connectivity index (χ3v) is 3.78. The number of benzene rings is 1. The van der Waals surface area contributed by atoms with Crippen molar-refractivity contribution in [3.05, 3.63) is 30.1 Å². The fraction of sp³-hybridized carbons (Fsp3) is 0.538. The first-order valence-corrected chi connectivity index (χ1v) is 6.80. The van der Waals surface area contributed by atoms with Crippen LogP contribution in [0.1, 0.15) is 26.2 Å². The van der Waals surface area contributed by atoms with E-state index in [0.717, 1.165) is 10.6 Å². The molecule has 0 radical (unpaired) electrons. The molecule has 0 aromatic heterocycles. The summed E-state index contributed by atoms with van der Waals surface area (Å²) in [6.45, 7) is 2.20. The number of rotatable bonds is 7. The van der Waals surface area contributed by atoms with Crippen molar-refractivity contribution in [2.24, 2.45) is 0 Å². The minimum Gasteiger partial charge on any atom is -0.317 e. The molecule has 16 heavy (non-hydrogen) atoms. The first kappa shape index (κ1) is 13.5. The van der Waals surface area contributed by atoms with Crippen molar-refractivity contribution < 1.29 is 4.39 Å². The smallest absolute Gasteiger partial charge is 0.123 e. The average molecular weight is 241 g/mol. The number of nitrogens with one attached hydrogen (secondary N) is 1. The molecule has 90 valence electrons. The van der Waals surface area contributed by atoms with Gasteiger partial charge in [-0.1, -0.05) is 6.92 Å². The standard InChI is InChI=1S/C13H20FNS/c1-3-12(15-2)5-4-10-16-13-8-6-11(14)7-9-13/h6-9,12,15H,3-5,10H2,1-2H3. The van der Waals surface area contributed by atoms with Gasteiger partial charge in [-0.2, -0.15) is 0 Å². The van der Waals surface area contributed by atoms with E-state index in [0.29, 0.717) is 6.04 Å². The highest BCUT2D eigenvalue weighted by Gasteiger charge is 2.02. The molecule has 1 aromatic carbocycles. The topological polar surface area (TPSA) is 12.0 Å². The molecule has 1 atom stereocenters. The van der Waals surface area contributed by atoms with Crippen LogP contribution in [0.2, 0.25) is 0 Å². The third kappa shape index (κ3) is 4.99. The second-order valence-corrected chi connectivity index (χ2v) is 5.01. The van der Waals surface area contributed by atoms with Crippen LogP contribution in [-0.4, -0.2) is 18.8 Å². The Morgan fingerprint density at radius 3 is 2.56 bits per heavy atom. The van der Waals surface area contributed by atoms with Crippen LogP contribution in [0.5, 0.6) is 0 Å². The Kier molecular flexibility index (Phi) is 6.50. The molecule has 0 aliphatic rings. The van der Waals surface area contributed by atoms with Gasteiger partial charge in [-0.25, -0.2) is 4.39 Å². The zero-order chi connectivity index (χ0) is 11.8. The molecule has 0 amide bonds. The quantitative estimate of drug-likeness (QED) is 0.577. The van der Waals surface area contributed by atoms with Crippen LogP contribution in [0.25, 0.3) is 0 Å². The van der Waals surface area contributed by atoms with Gasteiger partial charge in [-0.15, -0.1) is 11.8 Å². The maximum Gasteiger partial charge on any atom is 0.123 e. The van der Waals surface area contributed by atoms with Crippen molar-refractivity contribution in [1.29, 1.82) is 0 Å². The maximum absolute atomic E-state index is 12.7. The fourth-order valence-corrected chi connectivity index (χ4v) is 2.48. The summed E-state index contributed by atoms with van der Waals surface area (Å²) in [7, 11) is 2.02. The predicted octanol–water partition coefficient (Wildman–Crippen LogP) is 3.70. The van der Waals surface area contributed by atoms with E-state index in [9.17, 15) is 4.39 Å². The molecule has 1 unspecified atom stereocenters. The summed E-state index contributed by atoms with van der Waals surface area (Å²) in [6, 6.07) is 7.36. The molecule has 0 heterocycles. The second-order valence-electron chi connectivity index (χ2n) is 3.84. The van der Waals surface area contributed by atoms with Gasteiger partial charge in [-0.3, -0.25) is 0 Å². The predicted molar refractivity (Wildman–Crippen MR) is 69.5 cm³/mol. The molecule has 0 fully saturated rings. The SMILES string of the molecule is CCC(CCCSc1ccc(F)cc1)NC. The number of hydrogen-bond acceptors (Lipinski definition) is 2. The Morgan fingerprint density at radius 2 is 2.00 bits per heavy atom. The van der Waals surface area contributed by atoms with E-state index in [2.05, 4.69) is 12.2 Å². The molecule has 1 N–H and O–H groups in total. The van der Waals surface area contributed by atoms with Gasteiger partial charge in [0.2, 0.25) is 0 Å². The van der Waals surface area contributed by atoms with Crippen molar-refractivity contribution in [3.63, 3.8) is 0 Å². The monoisotopic (exact) mass is 241 g/mol. The lowest BCUT2D eigenvalue weighted by Gasteiger charge is -2.12. The van der Waals surface area contributed by atoms with Crippen LogP contribution in [-0.2, 0) is 0 Å². The molecule has 0 spiro atoms. The highest BCUT2D eigenvalue weighted by atomic mass is 32.2. The summed E-state index contributed by atoms with van der Waals surface area (Å²) in [6.07, 6.45) is 3.58. The highest BCUT2D eigenvalue weighted by molar-refractivity contribution is 7.99. The van der Waals surface area contributed by atoms with Crippen molar-refractivity contribution in [2.75, 3.05) is 12.8 Å². The van der Waals surface area contributed by atoms with E-state index in [1.165, 1.54) is 31.4 Å². The molecule has 0 aliphatic carbocycles. The van der Waals surface area contributed by atoms with Crippen molar-refractivity contribution in [2.45, 2.75) is 37.1 Å². The van der Waals surface area contributed by atoms with Crippen LogP contribution in [0.4, 0.5) is 4.39 Å². The molecule has 1 rings (SSSR count). The lowest BCUT2D eigenvalue weighted by molar-refractivity contribution is 0.504. The molecule has 0 bridgehead atoms. The number of halogens is 1. The summed E-state index contributed by atoms with van der Waals surface area (Å²) in [4.78, 5) is 1.15. The summed E-state index contributed by atoms with van der Waals surface area (Å²) in [5.74, 6) is 0.940. The van der Waals surface area contributed by atoms with Crippen molar-refractivity contribution >= 4 is 11.8 Å². The third-order valence-electron chi connectivity index (χ3n) is 2.68. The summed E-state index contributed by atoms with van der Waals surface area (Å²) in [5.41, 5.74) is 0. The van der Waals surface area contributed by atoms with Crippen LogP contribution in [0.15, 0.2) is 29.2 Å². The van der Waals surface area contributed by atoms with Crippen LogP contribution < -0.4 is 5.32 Å². The molecular weight excluding hydrogens is 221 g/mol. The minimum absolute atomic E-state index is 0.161. The highest BCUT2D eigenvalue weighted by Crippen LogP contribution is 2.19. The van der Waals surface area contributed by atoms with Gasteiger partial charge >= 0.3 is 0 Å². The van der Waals surface area contributed by atoms with Crippen LogP contribution >= 0.6 is 11.8 Å². The summed E-state index contributed by atoms with van der Waals surface area (Å²) in [5, 5.41) is 3.30. The Labute approximate surface area is 102 Å². The van der Waals surface area contributed by atoms with E-state index in [-0.39, 0.29) is 5.82 Å². The van der Waals surface area contributed by atoms with Crippen LogP contribution in [0.3, 0.4) is 0 Å². The average Bonchev–Trinajstić information content (AvgIpc) is 2.32. The molecule has 1 nitrogen and oxygen atoms in total. The lowest BCUT2D eigenvalue weighted by atomic mass is 10.1. The fourth-order valence-electron chi connectivity index (χ4n) is 1.60. The molecule has 1 aromatic rings. The lowest BCUT2D eigenvalue weighted by Crippen LogP contribution is -2.23. The zero-order valence-corrected chi connectivity index (χ0v) is 10.8. The van der Waals surface area contributed by atoms with Gasteiger partial charge < -0.3 is 5.32 Å². The molecular formula is C13H20FNS. The van der Waals surface area contributed by atoms with Gasteiger partial charge in [0.1, 0.15) is 5.82 Å². The summed E-state index contributed by atoms with van der Waals surface area (Å²) >= 11 is 1.80. The summed E-state index contributed by atoms with van der Waals surface area (Å²) < 4.78 is 12.7. The van der Waals surface area contributed by atoms with Crippen molar-refractivity contribution in [1.82, 2.24) is 5.32 Å². The van der Waals surface area contributed by atoms with E-state index in [1.54, 1.807) is 11.8 Å². The first-order valence-electron chi connectivity index (χ1n) is 5.82. The van der Waals surface area contributed by atoms with Gasteiger partial charge in [-0.05, 0) is 56.3 Å². The molecule has 3 heteroatoms. The zero-order valence-electron chi connectivity index (χ0n) is 10.0. The van der Waals surface area contributed by atoms with Crippen molar-refractivity contribution in [3.8, 4) is 0 Å². The van der Waals surface area contributed by atoms with E-state index >= 15 is 0 Å². The Bertz CT molecular complexity index is 282. The Balaban J connectivity index is 2.18. The Morgan fingerprint density at radius 1 is 1.31 bits per heavy atom. The van der Waals surface area contributed by atoms with E-state index < -0.39 is 0 Å². The normalized spacial score (nSPS) is 12.7. The largest absolute Gasteiger partial charge is 0.317 e. The van der Waals surface area contributed by atoms with Gasteiger partial charge in [0.15, 0.2) is 0 Å². The Hall–Kier alpha value is -0.540. The number of hydrogen-bond donors (Lipinski definition) is 1. The van der Waals surface area contributed by atoms with Gasteiger partial charge in [0.25, 0.3) is 0 Å². The maximum atomic E-state index is 12.7. The van der Waals surface area contributed by atoms with Gasteiger partial charge in [0.05, 0.1) is 0 Å². The first-order chi connectivity index (χ1) is 7.76. The minimum atomic E-state index is -0.161. The van der Waals surface area contributed by atoms with Crippen LogP contribution in [0, 0.1) is 5.82 Å². The molecule has 0 saturated carbocycles. The number of thioether (sulfide) groups is 1. The second kappa shape index (κ2) is 7.69. The van der Waals surface area contributed by atoms with E-state index in [4.69, 9.17) is 0 Å². The molecule has 0 saturated heterocycles. The van der Waals surface area contributed by atoms with Gasteiger partial charge in [0, 0.05) is 10.9 Å². The van der Waals surface area contributed by atoms with E-state index in [1.807, 2.05) is 19.2 Å². The molecule has 0 aliphatic heterocycles.